The van der Waals surface area contributed by atoms with Crippen molar-refractivity contribution in [2.24, 2.45) is 0 Å². The van der Waals surface area contributed by atoms with Crippen LogP contribution in [-0.2, 0) is 0 Å². The highest BCUT2D eigenvalue weighted by Crippen LogP contribution is 2.10. The summed E-state index contributed by atoms with van der Waals surface area (Å²) in [7, 11) is 0. The molecule has 0 bridgehead atoms. The lowest BCUT2D eigenvalue weighted by molar-refractivity contribution is 0.0702. The van der Waals surface area contributed by atoms with Crippen LogP contribution in [0.5, 0.6) is 0 Å². The van der Waals surface area contributed by atoms with E-state index < -0.39 is 0 Å². The number of nitrogens with zero attached hydrogens (tertiary/aromatic N) is 2. The number of aromatic nitrogens is 1. The number of carbonyl (C=O) groups excluding carboxylic acids is 1. The van der Waals surface area contributed by atoms with Crippen molar-refractivity contribution in [3.05, 3.63) is 17.8 Å². The van der Waals surface area contributed by atoms with Gasteiger partial charge in [0.2, 0.25) is 0 Å². The number of carbonyl (C=O) groups is 1. The monoisotopic (exact) mass is 245 g/mol. The Kier molecular flexibility index (Phi) is 4.32. The molecule has 5 nitrogen and oxygen atoms in total. The Hall–Kier alpha value is -1.07. The zero-order valence-corrected chi connectivity index (χ0v) is 10.2. The van der Waals surface area contributed by atoms with Crippen LogP contribution in [0.3, 0.4) is 0 Å². The summed E-state index contributed by atoms with van der Waals surface area (Å²) in [4.78, 5) is 17.8. The summed E-state index contributed by atoms with van der Waals surface area (Å²) in [5.41, 5.74) is 0.434. The van der Waals surface area contributed by atoms with E-state index in [9.17, 15) is 4.79 Å². The van der Waals surface area contributed by atoms with Crippen LogP contribution >= 0.6 is 12.4 Å². The molecular formula is C10H16ClN3O2. The van der Waals surface area contributed by atoms with E-state index in [4.69, 9.17) is 4.42 Å². The molecule has 1 aromatic rings. The molecule has 6 heteroatoms. The van der Waals surface area contributed by atoms with Crippen LogP contribution < -0.4 is 5.32 Å². The highest BCUT2D eigenvalue weighted by atomic mass is 35.5. The van der Waals surface area contributed by atoms with Gasteiger partial charge in [-0.15, -0.1) is 12.4 Å². The van der Waals surface area contributed by atoms with E-state index in [0.717, 1.165) is 19.6 Å². The number of piperazine rings is 1. The van der Waals surface area contributed by atoms with Crippen LogP contribution in [0.4, 0.5) is 0 Å². The predicted molar refractivity (Wildman–Crippen MR) is 61.9 cm³/mol. The molecule has 0 radical (unpaired) electrons. The van der Waals surface area contributed by atoms with Gasteiger partial charge in [0.15, 0.2) is 12.1 Å². The largest absolute Gasteiger partial charge is 0.448 e. The van der Waals surface area contributed by atoms with Gasteiger partial charge in [-0.25, -0.2) is 4.98 Å². The maximum absolute atomic E-state index is 12.0. The van der Waals surface area contributed by atoms with E-state index in [1.54, 1.807) is 6.92 Å². The summed E-state index contributed by atoms with van der Waals surface area (Å²) in [6.45, 7) is 6.12. The normalized spacial score (nSPS) is 20.4. The second-order valence-electron chi connectivity index (χ2n) is 3.86. The number of hydrogen-bond donors (Lipinski definition) is 1. The van der Waals surface area contributed by atoms with Crippen molar-refractivity contribution in [2.75, 3.05) is 19.6 Å². The Labute approximate surface area is 101 Å². The molecule has 16 heavy (non-hydrogen) atoms. The van der Waals surface area contributed by atoms with E-state index in [1.165, 1.54) is 6.39 Å². The fourth-order valence-electron chi connectivity index (χ4n) is 1.78. The second-order valence-corrected chi connectivity index (χ2v) is 3.86. The predicted octanol–water partition coefficient (Wildman–Crippen LogP) is 0.839. The molecule has 1 fully saturated rings. The van der Waals surface area contributed by atoms with Crippen molar-refractivity contribution < 1.29 is 9.21 Å². The summed E-state index contributed by atoms with van der Waals surface area (Å²) in [6.07, 6.45) is 1.31. The molecule has 90 valence electrons. The SMILES string of the molecule is Cc1ocnc1C(=O)N1CCN[C@H](C)C1.Cl. The second kappa shape index (κ2) is 5.32. The van der Waals surface area contributed by atoms with Crippen molar-refractivity contribution in [2.45, 2.75) is 19.9 Å². The number of rotatable bonds is 1. The van der Waals surface area contributed by atoms with E-state index in [2.05, 4.69) is 17.2 Å². The van der Waals surface area contributed by atoms with E-state index in [0.29, 0.717) is 17.5 Å². The molecule has 1 N–H and O–H groups in total. The van der Waals surface area contributed by atoms with Gasteiger partial charge in [-0.2, -0.15) is 0 Å². The highest BCUT2D eigenvalue weighted by Gasteiger charge is 2.24. The highest BCUT2D eigenvalue weighted by molar-refractivity contribution is 5.93. The van der Waals surface area contributed by atoms with Gasteiger partial charge >= 0.3 is 0 Å². The lowest BCUT2D eigenvalue weighted by atomic mass is 10.2. The average Bonchev–Trinajstić information content (AvgIpc) is 2.63. The van der Waals surface area contributed by atoms with Crippen LogP contribution in [0.25, 0.3) is 0 Å². The lowest BCUT2D eigenvalue weighted by Crippen LogP contribution is -2.51. The Morgan fingerprint density at radius 3 is 3.00 bits per heavy atom. The van der Waals surface area contributed by atoms with Gasteiger partial charge in [0.25, 0.3) is 5.91 Å². The third-order valence-electron chi connectivity index (χ3n) is 2.60. The zero-order valence-electron chi connectivity index (χ0n) is 9.40. The molecule has 1 saturated heterocycles. The van der Waals surface area contributed by atoms with Crippen molar-refractivity contribution in [1.82, 2.24) is 15.2 Å². The van der Waals surface area contributed by atoms with Gasteiger partial charge in [-0.3, -0.25) is 4.79 Å². The first kappa shape index (κ1) is 13.0. The maximum atomic E-state index is 12.0. The molecule has 0 spiro atoms. The molecule has 1 aromatic heterocycles. The number of hydrogen-bond acceptors (Lipinski definition) is 4. The zero-order chi connectivity index (χ0) is 10.8. The summed E-state index contributed by atoms with van der Waals surface area (Å²) in [6, 6.07) is 0.343. The van der Waals surface area contributed by atoms with Gasteiger partial charge in [-0.1, -0.05) is 0 Å². The number of oxazole rings is 1. The molecule has 2 heterocycles. The van der Waals surface area contributed by atoms with Gasteiger partial charge in [-0.05, 0) is 13.8 Å². The fourth-order valence-corrected chi connectivity index (χ4v) is 1.78. The summed E-state index contributed by atoms with van der Waals surface area (Å²) in [5.74, 6) is 0.556. The molecule has 1 aliphatic rings. The molecule has 1 atom stereocenters. The maximum Gasteiger partial charge on any atom is 0.276 e. The number of amides is 1. The van der Waals surface area contributed by atoms with Crippen LogP contribution in [0.15, 0.2) is 10.8 Å². The van der Waals surface area contributed by atoms with Crippen LogP contribution in [-0.4, -0.2) is 41.5 Å². The minimum Gasteiger partial charge on any atom is -0.448 e. The van der Waals surface area contributed by atoms with E-state index in [1.807, 2.05) is 4.90 Å². The fraction of sp³-hybridized carbons (Fsp3) is 0.600. The average molecular weight is 246 g/mol. The standard InChI is InChI=1S/C10H15N3O2.ClH/c1-7-5-13(4-3-11-7)10(14)9-8(2)15-6-12-9;/h6-7,11H,3-5H2,1-2H3;1H/t7-;/m1./s1. The number of aryl methyl sites for hydroxylation is 1. The Balaban J connectivity index is 0.00000128. The first-order valence-corrected chi connectivity index (χ1v) is 5.11. The molecule has 2 rings (SSSR count). The lowest BCUT2D eigenvalue weighted by Gasteiger charge is -2.31. The van der Waals surface area contributed by atoms with Crippen LogP contribution in [0.1, 0.15) is 23.2 Å². The topological polar surface area (TPSA) is 58.4 Å². The van der Waals surface area contributed by atoms with E-state index >= 15 is 0 Å². The summed E-state index contributed by atoms with van der Waals surface area (Å²) in [5, 5.41) is 3.29. The Bertz CT molecular complexity index is 367. The van der Waals surface area contributed by atoms with Gasteiger partial charge in [0, 0.05) is 25.7 Å². The number of halogens is 1. The number of nitrogens with one attached hydrogen (secondary N) is 1. The minimum absolute atomic E-state index is 0. The van der Waals surface area contributed by atoms with Crippen molar-refractivity contribution in [3.8, 4) is 0 Å². The van der Waals surface area contributed by atoms with E-state index in [-0.39, 0.29) is 18.3 Å². The van der Waals surface area contributed by atoms with Crippen LogP contribution in [0.2, 0.25) is 0 Å². The third-order valence-corrected chi connectivity index (χ3v) is 2.60. The quantitative estimate of drug-likeness (QED) is 0.797. The third kappa shape index (κ3) is 2.54. The van der Waals surface area contributed by atoms with Crippen molar-refractivity contribution in [3.63, 3.8) is 0 Å². The van der Waals surface area contributed by atoms with Gasteiger partial charge in [0.1, 0.15) is 5.76 Å². The van der Waals surface area contributed by atoms with Crippen LogP contribution in [0, 0.1) is 6.92 Å². The molecular weight excluding hydrogens is 230 g/mol. The molecule has 0 saturated carbocycles. The smallest absolute Gasteiger partial charge is 0.276 e. The first-order chi connectivity index (χ1) is 7.18. The first-order valence-electron chi connectivity index (χ1n) is 5.11. The van der Waals surface area contributed by atoms with Gasteiger partial charge in [0.05, 0.1) is 0 Å². The summed E-state index contributed by atoms with van der Waals surface area (Å²) >= 11 is 0. The molecule has 1 amide bonds. The molecule has 0 aromatic carbocycles. The molecule has 0 unspecified atom stereocenters. The Morgan fingerprint density at radius 1 is 1.69 bits per heavy atom. The minimum atomic E-state index is -0.0328. The Morgan fingerprint density at radius 2 is 2.44 bits per heavy atom. The molecule has 0 aliphatic carbocycles. The van der Waals surface area contributed by atoms with Gasteiger partial charge < -0.3 is 14.6 Å². The van der Waals surface area contributed by atoms with Crippen molar-refractivity contribution in [1.29, 1.82) is 0 Å². The summed E-state index contributed by atoms with van der Waals surface area (Å²) < 4.78 is 5.03. The van der Waals surface area contributed by atoms with Crippen molar-refractivity contribution >= 4 is 18.3 Å². The molecule has 1 aliphatic heterocycles.